The van der Waals surface area contributed by atoms with Crippen LogP contribution >= 0.6 is 0 Å². The van der Waals surface area contributed by atoms with E-state index in [0.29, 0.717) is 0 Å². The number of carboxylic acid groups (broad SMARTS) is 1. The Morgan fingerprint density at radius 2 is 2.31 bits per heavy atom. The monoisotopic (exact) mass is 184 g/mol. The quantitative estimate of drug-likeness (QED) is 0.700. The van der Waals surface area contributed by atoms with Gasteiger partial charge in [-0.15, -0.1) is 0 Å². The van der Waals surface area contributed by atoms with E-state index >= 15 is 0 Å². The zero-order valence-electron chi connectivity index (χ0n) is 6.99. The smallest absolute Gasteiger partial charge is 0.328 e. The molecular formula is C8H9FN2O2. The predicted octanol–water partition coefficient (Wildman–Crippen LogP) is 0.479. The van der Waals surface area contributed by atoms with Crippen LogP contribution in [0.2, 0.25) is 0 Å². The molecule has 0 saturated heterocycles. The summed E-state index contributed by atoms with van der Waals surface area (Å²) in [6, 6.07) is 1.06. The number of nitrogens with two attached hydrogens (primary N) is 1. The van der Waals surface area contributed by atoms with Crippen LogP contribution in [-0.2, 0) is 10.3 Å². The number of carbonyl (C=O) groups is 1. The van der Waals surface area contributed by atoms with Gasteiger partial charge in [-0.25, -0.2) is 9.18 Å². The largest absolute Gasteiger partial charge is 0.480 e. The summed E-state index contributed by atoms with van der Waals surface area (Å²) in [6.45, 7) is 1.28. The Bertz CT molecular complexity index is 339. The van der Waals surface area contributed by atoms with Gasteiger partial charge in [0.25, 0.3) is 0 Å². The van der Waals surface area contributed by atoms with Crippen molar-refractivity contribution < 1.29 is 14.3 Å². The molecule has 70 valence electrons. The molecule has 0 fully saturated rings. The lowest BCUT2D eigenvalue weighted by atomic mass is 9.95. The normalized spacial score (nSPS) is 15.0. The van der Waals surface area contributed by atoms with Crippen molar-refractivity contribution in [3.63, 3.8) is 0 Å². The van der Waals surface area contributed by atoms with Crippen LogP contribution in [0.15, 0.2) is 18.5 Å². The molecule has 0 amide bonds. The van der Waals surface area contributed by atoms with E-state index in [4.69, 9.17) is 10.8 Å². The van der Waals surface area contributed by atoms with Crippen LogP contribution in [0.25, 0.3) is 0 Å². The highest BCUT2D eigenvalue weighted by atomic mass is 19.1. The Labute approximate surface area is 74.2 Å². The molecule has 1 heterocycles. The van der Waals surface area contributed by atoms with Crippen molar-refractivity contribution in [2.24, 2.45) is 5.73 Å². The lowest BCUT2D eigenvalue weighted by molar-refractivity contribution is -0.143. The van der Waals surface area contributed by atoms with Crippen molar-refractivity contribution >= 4 is 5.97 Å². The van der Waals surface area contributed by atoms with E-state index in [9.17, 15) is 9.18 Å². The molecule has 1 rings (SSSR count). The minimum atomic E-state index is -1.60. The summed E-state index contributed by atoms with van der Waals surface area (Å²) in [7, 11) is 0. The molecule has 0 bridgehead atoms. The molecule has 1 unspecified atom stereocenters. The number of nitrogens with zero attached hydrogens (tertiary/aromatic N) is 1. The Kier molecular flexibility index (Phi) is 2.29. The van der Waals surface area contributed by atoms with Gasteiger partial charge in [-0.3, -0.25) is 4.98 Å². The van der Waals surface area contributed by atoms with Crippen LogP contribution < -0.4 is 5.73 Å². The Morgan fingerprint density at radius 1 is 1.69 bits per heavy atom. The number of aromatic nitrogens is 1. The maximum Gasteiger partial charge on any atom is 0.328 e. The molecule has 3 N–H and O–H groups in total. The Balaban J connectivity index is 3.14. The zero-order chi connectivity index (χ0) is 10.1. The molecular weight excluding hydrogens is 175 g/mol. The van der Waals surface area contributed by atoms with Crippen LogP contribution in [0.4, 0.5) is 4.39 Å². The predicted molar refractivity (Wildman–Crippen MR) is 43.4 cm³/mol. The summed E-state index contributed by atoms with van der Waals surface area (Å²) in [6.07, 6.45) is 2.22. The molecule has 1 aromatic heterocycles. The van der Waals surface area contributed by atoms with Gasteiger partial charge in [-0.05, 0) is 13.0 Å². The van der Waals surface area contributed by atoms with Gasteiger partial charge in [0.1, 0.15) is 11.4 Å². The average Bonchev–Trinajstić information content (AvgIpc) is 2.04. The molecule has 1 aromatic rings. The van der Waals surface area contributed by atoms with E-state index in [-0.39, 0.29) is 5.56 Å². The highest BCUT2D eigenvalue weighted by molar-refractivity contribution is 5.79. The van der Waals surface area contributed by atoms with Crippen molar-refractivity contribution in [3.8, 4) is 0 Å². The van der Waals surface area contributed by atoms with Crippen LogP contribution in [0.3, 0.4) is 0 Å². The van der Waals surface area contributed by atoms with Crippen molar-refractivity contribution in [3.05, 3.63) is 29.8 Å². The lowest BCUT2D eigenvalue weighted by Gasteiger charge is -2.18. The number of rotatable bonds is 2. The molecule has 0 aliphatic rings. The minimum Gasteiger partial charge on any atom is -0.480 e. The first-order valence-electron chi connectivity index (χ1n) is 3.58. The molecule has 0 aliphatic carbocycles. The van der Waals surface area contributed by atoms with E-state index in [1.54, 1.807) is 0 Å². The minimum absolute atomic E-state index is 0.139. The average molecular weight is 184 g/mol. The third-order valence-corrected chi connectivity index (χ3v) is 1.75. The maximum atomic E-state index is 12.6. The van der Waals surface area contributed by atoms with Crippen LogP contribution in [0, 0.1) is 5.82 Å². The molecule has 0 spiro atoms. The first kappa shape index (κ1) is 9.60. The van der Waals surface area contributed by atoms with Gasteiger partial charge in [0.05, 0.1) is 6.20 Å². The van der Waals surface area contributed by atoms with Crippen molar-refractivity contribution in [2.75, 3.05) is 0 Å². The van der Waals surface area contributed by atoms with Crippen LogP contribution in [-0.4, -0.2) is 16.1 Å². The van der Waals surface area contributed by atoms with E-state index in [1.165, 1.54) is 13.1 Å². The summed E-state index contributed by atoms with van der Waals surface area (Å²) in [5.74, 6) is -1.82. The fraction of sp³-hybridized carbons (Fsp3) is 0.250. The van der Waals surface area contributed by atoms with Gasteiger partial charge in [0.2, 0.25) is 0 Å². The van der Waals surface area contributed by atoms with Gasteiger partial charge in [-0.1, -0.05) is 0 Å². The Hall–Kier alpha value is -1.49. The van der Waals surface area contributed by atoms with E-state index < -0.39 is 17.3 Å². The summed E-state index contributed by atoms with van der Waals surface area (Å²) < 4.78 is 12.6. The van der Waals surface area contributed by atoms with Crippen LogP contribution in [0.5, 0.6) is 0 Å². The second-order valence-electron chi connectivity index (χ2n) is 2.90. The van der Waals surface area contributed by atoms with Crippen molar-refractivity contribution in [1.82, 2.24) is 4.98 Å². The Morgan fingerprint density at radius 3 is 2.77 bits per heavy atom. The highest BCUT2D eigenvalue weighted by Gasteiger charge is 2.30. The summed E-state index contributed by atoms with van der Waals surface area (Å²) in [5.41, 5.74) is 3.98. The van der Waals surface area contributed by atoms with Gasteiger partial charge in [0.15, 0.2) is 0 Å². The molecule has 1 atom stereocenters. The fourth-order valence-corrected chi connectivity index (χ4v) is 0.819. The third kappa shape index (κ3) is 1.81. The van der Waals surface area contributed by atoms with Gasteiger partial charge < -0.3 is 10.8 Å². The van der Waals surface area contributed by atoms with E-state index in [1.807, 2.05) is 0 Å². The number of carboxylic acids is 1. The number of hydrogen-bond acceptors (Lipinski definition) is 3. The number of hydrogen-bond donors (Lipinski definition) is 2. The topological polar surface area (TPSA) is 76.2 Å². The second-order valence-corrected chi connectivity index (χ2v) is 2.90. The van der Waals surface area contributed by atoms with Crippen molar-refractivity contribution in [2.45, 2.75) is 12.5 Å². The molecule has 5 heteroatoms. The standard InChI is InChI=1S/C8H9FN2O2/c1-8(10,7(12)13)5-2-6(9)4-11-3-5/h2-4H,10H2,1H3,(H,12,13). The number of aliphatic carboxylic acids is 1. The van der Waals surface area contributed by atoms with Crippen LogP contribution in [0.1, 0.15) is 12.5 Å². The van der Waals surface area contributed by atoms with E-state index in [0.717, 1.165) is 12.3 Å². The first-order chi connectivity index (χ1) is 5.94. The molecule has 13 heavy (non-hydrogen) atoms. The molecule has 0 aromatic carbocycles. The SMILES string of the molecule is CC(N)(C(=O)O)c1cncc(F)c1. The summed E-state index contributed by atoms with van der Waals surface area (Å²) >= 11 is 0. The maximum absolute atomic E-state index is 12.6. The number of pyridine rings is 1. The first-order valence-corrected chi connectivity index (χ1v) is 3.58. The zero-order valence-corrected chi connectivity index (χ0v) is 6.99. The second kappa shape index (κ2) is 3.10. The van der Waals surface area contributed by atoms with Gasteiger partial charge in [-0.2, -0.15) is 0 Å². The summed E-state index contributed by atoms with van der Waals surface area (Å²) in [5, 5.41) is 8.71. The highest BCUT2D eigenvalue weighted by Crippen LogP contribution is 2.17. The molecule has 0 radical (unpaired) electrons. The molecule has 0 saturated carbocycles. The summed E-state index contributed by atoms with van der Waals surface area (Å²) in [4.78, 5) is 14.2. The third-order valence-electron chi connectivity index (χ3n) is 1.75. The van der Waals surface area contributed by atoms with Crippen molar-refractivity contribution in [1.29, 1.82) is 0 Å². The van der Waals surface area contributed by atoms with E-state index in [2.05, 4.69) is 4.98 Å². The fourth-order valence-electron chi connectivity index (χ4n) is 0.819. The van der Waals surface area contributed by atoms with Gasteiger partial charge in [0, 0.05) is 11.8 Å². The molecule has 4 nitrogen and oxygen atoms in total. The lowest BCUT2D eigenvalue weighted by Crippen LogP contribution is -2.41. The van der Waals surface area contributed by atoms with Gasteiger partial charge >= 0.3 is 5.97 Å². The number of halogens is 1. The molecule has 0 aliphatic heterocycles.